The smallest absolute Gasteiger partial charge is 0.305 e. The second-order valence-corrected chi connectivity index (χ2v) is 8.41. The van der Waals surface area contributed by atoms with Gasteiger partial charge in [-0.1, -0.05) is 0 Å². The van der Waals surface area contributed by atoms with Gasteiger partial charge in [0, 0.05) is 12.8 Å². The molecule has 2 heterocycles. The normalized spacial score (nSPS) is 37.2. The van der Waals surface area contributed by atoms with Crippen molar-refractivity contribution >= 4 is 11.9 Å². The highest BCUT2D eigenvalue weighted by molar-refractivity contribution is 5.72. The summed E-state index contributed by atoms with van der Waals surface area (Å²) in [5.74, 6) is 1.24. The molecule has 4 fully saturated rings. The fourth-order valence-corrected chi connectivity index (χ4v) is 4.40. The van der Waals surface area contributed by atoms with E-state index in [2.05, 4.69) is 0 Å². The summed E-state index contributed by atoms with van der Waals surface area (Å²) < 4.78 is 22.0. The average Bonchev–Trinajstić information content (AvgIpc) is 3.55. The highest BCUT2D eigenvalue weighted by Crippen LogP contribution is 2.40. The number of ether oxygens (including phenoxy) is 4. The van der Waals surface area contributed by atoms with E-state index in [0.717, 1.165) is 51.4 Å². The molecule has 1 N–H and O–H groups in total. The van der Waals surface area contributed by atoms with Crippen molar-refractivity contribution in [3.63, 3.8) is 0 Å². The Morgan fingerprint density at radius 2 is 1.38 bits per heavy atom. The number of esters is 1. The van der Waals surface area contributed by atoms with Crippen LogP contribution in [0.5, 0.6) is 0 Å². The summed E-state index contributed by atoms with van der Waals surface area (Å²) in [5.41, 5.74) is 0. The summed E-state index contributed by atoms with van der Waals surface area (Å²) in [4.78, 5) is 11.8. The molecule has 0 radical (unpaired) electrons. The predicted molar refractivity (Wildman–Crippen MR) is 95.1 cm³/mol. The third kappa shape index (κ3) is 5.19. The molecule has 2 saturated heterocycles. The van der Waals surface area contributed by atoms with Gasteiger partial charge >= 0.3 is 5.97 Å². The van der Waals surface area contributed by atoms with Crippen LogP contribution in [0.25, 0.3) is 0 Å². The molecule has 6 nitrogen and oxygen atoms in total. The van der Waals surface area contributed by atoms with E-state index < -0.39 is 0 Å². The van der Waals surface area contributed by atoms with Gasteiger partial charge < -0.3 is 18.9 Å². The topological polar surface area (TPSA) is 84.4 Å². The summed E-state index contributed by atoms with van der Waals surface area (Å²) in [7, 11) is 0. The molecular formula is C20H31NO5. The maximum Gasteiger partial charge on any atom is 0.305 e. The molecular weight excluding hydrogens is 334 g/mol. The first-order valence-electron chi connectivity index (χ1n) is 10.3. The molecule has 0 amide bonds. The molecule has 6 heteroatoms. The molecule has 2 saturated carbocycles. The van der Waals surface area contributed by atoms with E-state index in [-0.39, 0.29) is 5.97 Å². The van der Waals surface area contributed by atoms with Crippen LogP contribution in [0.15, 0.2) is 0 Å². The SMILES string of the molecule is N=C(CCCCC(=O)OCC1CCC2O[C@@H]2C1)OCC1CCC2OC2C1. The molecule has 0 aromatic carbocycles. The maximum atomic E-state index is 11.8. The van der Waals surface area contributed by atoms with E-state index in [1.54, 1.807) is 0 Å². The number of nitrogens with one attached hydrogen (secondary N) is 1. The molecule has 146 valence electrons. The highest BCUT2D eigenvalue weighted by Gasteiger charge is 2.44. The van der Waals surface area contributed by atoms with Crippen molar-refractivity contribution in [3.8, 4) is 0 Å². The number of carbonyl (C=O) groups is 1. The Morgan fingerprint density at radius 3 is 2.00 bits per heavy atom. The first-order valence-corrected chi connectivity index (χ1v) is 10.3. The van der Waals surface area contributed by atoms with Gasteiger partial charge in [0.05, 0.1) is 37.6 Å². The zero-order chi connectivity index (χ0) is 17.9. The van der Waals surface area contributed by atoms with Gasteiger partial charge in [-0.05, 0) is 63.2 Å². The molecule has 0 aromatic heterocycles. The lowest BCUT2D eigenvalue weighted by molar-refractivity contribution is -0.145. The molecule has 2 aliphatic heterocycles. The van der Waals surface area contributed by atoms with Crippen LogP contribution in [0.4, 0.5) is 0 Å². The Kier molecular flexibility index (Phi) is 5.79. The summed E-state index contributed by atoms with van der Waals surface area (Å²) >= 11 is 0. The van der Waals surface area contributed by atoms with E-state index in [1.165, 1.54) is 0 Å². The molecule has 26 heavy (non-hydrogen) atoms. The van der Waals surface area contributed by atoms with Crippen molar-refractivity contribution in [2.45, 2.75) is 88.6 Å². The van der Waals surface area contributed by atoms with Gasteiger partial charge in [0.15, 0.2) is 5.90 Å². The second kappa shape index (κ2) is 8.26. The predicted octanol–water partition coefficient (Wildman–Crippen LogP) is 3.22. The van der Waals surface area contributed by atoms with Crippen LogP contribution in [0.2, 0.25) is 0 Å². The summed E-state index contributed by atoms with van der Waals surface area (Å²) in [6, 6.07) is 0. The average molecular weight is 365 g/mol. The lowest BCUT2D eigenvalue weighted by Crippen LogP contribution is -2.20. The Morgan fingerprint density at radius 1 is 0.808 bits per heavy atom. The maximum absolute atomic E-state index is 11.8. The van der Waals surface area contributed by atoms with Crippen molar-refractivity contribution in [1.29, 1.82) is 5.41 Å². The molecule has 0 aromatic rings. The third-order valence-corrected chi connectivity index (χ3v) is 6.23. The largest absolute Gasteiger partial charge is 0.481 e. The Balaban J connectivity index is 0.992. The monoisotopic (exact) mass is 365 g/mol. The Labute approximate surface area is 155 Å². The Bertz CT molecular complexity index is 478. The van der Waals surface area contributed by atoms with Crippen LogP contribution >= 0.6 is 0 Å². The van der Waals surface area contributed by atoms with Gasteiger partial charge in [-0.15, -0.1) is 0 Å². The van der Waals surface area contributed by atoms with E-state index >= 15 is 0 Å². The first-order chi connectivity index (χ1) is 12.7. The van der Waals surface area contributed by atoms with Crippen LogP contribution in [0.1, 0.15) is 64.2 Å². The van der Waals surface area contributed by atoms with Crippen LogP contribution in [0.3, 0.4) is 0 Å². The minimum absolute atomic E-state index is 0.113. The number of hydrogen-bond donors (Lipinski definition) is 1. The van der Waals surface area contributed by atoms with Crippen molar-refractivity contribution in [2.75, 3.05) is 13.2 Å². The Hall–Kier alpha value is -1.14. The van der Waals surface area contributed by atoms with Gasteiger partial charge in [0.1, 0.15) is 0 Å². The minimum atomic E-state index is -0.113. The van der Waals surface area contributed by atoms with Gasteiger partial charge in [0.25, 0.3) is 0 Å². The zero-order valence-corrected chi connectivity index (χ0v) is 15.5. The highest BCUT2D eigenvalue weighted by atomic mass is 16.6. The molecule has 4 rings (SSSR count). The summed E-state index contributed by atoms with van der Waals surface area (Å²) in [5, 5.41) is 7.91. The lowest BCUT2D eigenvalue weighted by atomic mass is 9.90. The summed E-state index contributed by atoms with van der Waals surface area (Å²) in [6.07, 6.45) is 11.1. The molecule has 0 bridgehead atoms. The standard InChI is InChI=1S/C20H31NO5/c21-19(23-11-13-5-7-15-17(9-13)25-15)3-1-2-4-20(22)24-12-14-6-8-16-18(10-14)26-16/h13-18,21H,1-12H2/t13?,14?,15?,16?,17?,18-/m1/s1. The van der Waals surface area contributed by atoms with Crippen molar-refractivity contribution < 1.29 is 23.7 Å². The number of epoxide rings is 2. The molecule has 0 spiro atoms. The van der Waals surface area contributed by atoms with E-state index in [9.17, 15) is 4.79 Å². The number of fused-ring (bicyclic) bond motifs is 2. The minimum Gasteiger partial charge on any atom is -0.481 e. The second-order valence-electron chi connectivity index (χ2n) is 8.41. The van der Waals surface area contributed by atoms with E-state index in [1.807, 2.05) is 0 Å². The fraction of sp³-hybridized carbons (Fsp3) is 0.900. The third-order valence-electron chi connectivity index (χ3n) is 6.23. The van der Waals surface area contributed by atoms with Crippen LogP contribution in [0, 0.1) is 17.2 Å². The van der Waals surface area contributed by atoms with Gasteiger partial charge in [-0.2, -0.15) is 0 Å². The van der Waals surface area contributed by atoms with E-state index in [0.29, 0.717) is 68.2 Å². The van der Waals surface area contributed by atoms with Crippen molar-refractivity contribution in [2.24, 2.45) is 11.8 Å². The summed E-state index contributed by atoms with van der Waals surface area (Å²) in [6.45, 7) is 1.18. The van der Waals surface area contributed by atoms with Crippen molar-refractivity contribution in [1.82, 2.24) is 0 Å². The number of hydrogen-bond acceptors (Lipinski definition) is 6. The lowest BCUT2D eigenvalue weighted by Gasteiger charge is -2.19. The van der Waals surface area contributed by atoms with Crippen LogP contribution < -0.4 is 0 Å². The number of carbonyl (C=O) groups excluding carboxylic acids is 1. The van der Waals surface area contributed by atoms with E-state index in [4.69, 9.17) is 24.4 Å². The van der Waals surface area contributed by atoms with Gasteiger partial charge in [-0.3, -0.25) is 10.2 Å². The molecule has 6 atom stereocenters. The van der Waals surface area contributed by atoms with Gasteiger partial charge in [0.2, 0.25) is 0 Å². The number of rotatable bonds is 9. The van der Waals surface area contributed by atoms with Crippen LogP contribution in [-0.4, -0.2) is 49.5 Å². The van der Waals surface area contributed by atoms with Crippen molar-refractivity contribution in [3.05, 3.63) is 0 Å². The number of unbranched alkanes of at least 4 members (excludes halogenated alkanes) is 1. The zero-order valence-electron chi connectivity index (χ0n) is 15.5. The quantitative estimate of drug-likeness (QED) is 0.223. The van der Waals surface area contributed by atoms with Crippen LogP contribution in [-0.2, 0) is 23.7 Å². The molecule has 2 aliphatic carbocycles. The first kappa shape index (κ1) is 18.2. The molecule has 4 aliphatic rings. The fourth-order valence-electron chi connectivity index (χ4n) is 4.40. The van der Waals surface area contributed by atoms with Gasteiger partial charge in [-0.25, -0.2) is 0 Å². The molecule has 5 unspecified atom stereocenters.